The Morgan fingerprint density at radius 3 is 2.18 bits per heavy atom. The third-order valence-electron chi connectivity index (χ3n) is 5.49. The average molecular weight is 477 g/mol. The van der Waals surface area contributed by atoms with Crippen LogP contribution in [0.15, 0.2) is 41.3 Å². The number of non-ortho nitro benzene ring substituents is 1. The fourth-order valence-electron chi connectivity index (χ4n) is 3.45. The average Bonchev–Trinajstić information content (AvgIpc) is 2.77. The predicted molar refractivity (Wildman–Crippen MR) is 118 cm³/mol. The number of rotatable bonds is 7. The van der Waals surface area contributed by atoms with Crippen molar-refractivity contribution in [3.63, 3.8) is 0 Å². The van der Waals surface area contributed by atoms with Crippen molar-refractivity contribution in [3.05, 3.63) is 73.3 Å². The third kappa shape index (κ3) is 5.32. The molecule has 176 valence electrons. The van der Waals surface area contributed by atoms with E-state index < -0.39 is 37.2 Å². The topological polar surface area (TPSA) is 156 Å². The van der Waals surface area contributed by atoms with Gasteiger partial charge in [0.2, 0.25) is 10.0 Å². The third-order valence-corrected chi connectivity index (χ3v) is 7.41. The first-order chi connectivity index (χ1) is 15.5. The quantitative estimate of drug-likeness (QED) is 0.466. The number of benzene rings is 2. The van der Waals surface area contributed by atoms with Crippen LogP contribution in [0.5, 0.6) is 0 Å². The summed E-state index contributed by atoms with van der Waals surface area (Å²) in [6.07, 6.45) is 0. The highest BCUT2D eigenvalue weighted by Gasteiger charge is 2.27. The minimum absolute atomic E-state index is 0.00357. The number of nitro groups is 2. The molecule has 12 nitrogen and oxygen atoms in total. The Labute approximate surface area is 190 Å². The monoisotopic (exact) mass is 477 g/mol. The highest BCUT2D eigenvalue weighted by Crippen LogP contribution is 2.28. The van der Waals surface area contributed by atoms with E-state index in [1.807, 2.05) is 7.05 Å². The number of carbonyl (C=O) groups is 1. The summed E-state index contributed by atoms with van der Waals surface area (Å²) >= 11 is 0. The van der Waals surface area contributed by atoms with Crippen LogP contribution >= 0.6 is 0 Å². The van der Waals surface area contributed by atoms with Gasteiger partial charge in [-0.25, -0.2) is 8.42 Å². The van der Waals surface area contributed by atoms with Crippen molar-refractivity contribution in [2.24, 2.45) is 0 Å². The van der Waals surface area contributed by atoms with Gasteiger partial charge in [0.25, 0.3) is 17.3 Å². The Balaban J connectivity index is 1.73. The predicted octanol–water partition coefficient (Wildman–Crippen LogP) is 1.68. The second kappa shape index (κ2) is 9.60. The number of amides is 1. The van der Waals surface area contributed by atoms with E-state index >= 15 is 0 Å². The molecule has 1 heterocycles. The molecule has 1 aliphatic rings. The van der Waals surface area contributed by atoms with Crippen molar-refractivity contribution in [2.45, 2.75) is 18.4 Å². The molecule has 0 bridgehead atoms. The normalized spacial score (nSPS) is 15.2. The minimum atomic E-state index is -3.62. The summed E-state index contributed by atoms with van der Waals surface area (Å²) in [5.41, 5.74) is -0.649. The molecule has 0 radical (unpaired) electrons. The van der Waals surface area contributed by atoms with E-state index in [0.29, 0.717) is 31.7 Å². The van der Waals surface area contributed by atoms with Crippen LogP contribution in [-0.2, 0) is 16.6 Å². The molecule has 1 N–H and O–H groups in total. The van der Waals surface area contributed by atoms with E-state index in [0.717, 1.165) is 12.1 Å². The number of nitrogens with zero attached hydrogens (tertiary/aromatic N) is 4. The highest BCUT2D eigenvalue weighted by atomic mass is 32.2. The van der Waals surface area contributed by atoms with Crippen LogP contribution in [0.3, 0.4) is 0 Å². The Kier molecular flexibility index (Phi) is 7.05. The van der Waals surface area contributed by atoms with Crippen LogP contribution in [0, 0.1) is 27.2 Å². The summed E-state index contributed by atoms with van der Waals surface area (Å²) in [6, 6.07) is 7.84. The number of piperazine rings is 1. The molecule has 1 aliphatic heterocycles. The van der Waals surface area contributed by atoms with Gasteiger partial charge in [0.05, 0.1) is 26.4 Å². The van der Waals surface area contributed by atoms with E-state index in [-0.39, 0.29) is 22.6 Å². The van der Waals surface area contributed by atoms with Gasteiger partial charge in [0, 0.05) is 44.4 Å². The van der Waals surface area contributed by atoms with Gasteiger partial charge in [-0.05, 0) is 31.7 Å². The van der Waals surface area contributed by atoms with E-state index in [9.17, 15) is 33.4 Å². The van der Waals surface area contributed by atoms with Gasteiger partial charge in [0.15, 0.2) is 0 Å². The van der Waals surface area contributed by atoms with Gasteiger partial charge in [-0.15, -0.1) is 0 Å². The second-order valence-corrected chi connectivity index (χ2v) is 9.62. The van der Waals surface area contributed by atoms with Gasteiger partial charge in [-0.2, -0.15) is 4.31 Å². The lowest BCUT2D eigenvalue weighted by Crippen LogP contribution is -2.47. The summed E-state index contributed by atoms with van der Waals surface area (Å²) in [7, 11) is -1.69. The van der Waals surface area contributed by atoms with E-state index in [1.165, 1.54) is 23.4 Å². The summed E-state index contributed by atoms with van der Waals surface area (Å²) < 4.78 is 27.0. The molecule has 3 rings (SSSR count). The molecule has 1 amide bonds. The molecule has 13 heteroatoms. The van der Waals surface area contributed by atoms with E-state index in [2.05, 4.69) is 10.2 Å². The van der Waals surface area contributed by atoms with Crippen LogP contribution in [0.25, 0.3) is 0 Å². The standard InChI is InChI=1S/C20H23N5O7S/c1-14-18(11-16(24(27)28)12-19(14)25(29)30)20(26)21-13-15-3-5-17(6-4-15)33(31,32)23-9-7-22(2)8-10-23/h3-6,11-12H,7-10,13H2,1-2H3,(H,21,26). The van der Waals surface area contributed by atoms with Crippen LogP contribution < -0.4 is 5.32 Å². The Morgan fingerprint density at radius 1 is 1.03 bits per heavy atom. The van der Waals surface area contributed by atoms with Crippen molar-refractivity contribution in [1.82, 2.24) is 14.5 Å². The molecule has 0 aromatic heterocycles. The van der Waals surface area contributed by atoms with Crippen LogP contribution in [0.2, 0.25) is 0 Å². The fraction of sp³-hybridized carbons (Fsp3) is 0.350. The molecule has 0 saturated carbocycles. The highest BCUT2D eigenvalue weighted by molar-refractivity contribution is 7.89. The fourth-order valence-corrected chi connectivity index (χ4v) is 4.87. The number of likely N-dealkylation sites (N-methyl/N-ethyl adjacent to an activating group) is 1. The number of hydrogen-bond donors (Lipinski definition) is 1. The first-order valence-electron chi connectivity index (χ1n) is 10.00. The molecule has 0 spiro atoms. The van der Waals surface area contributed by atoms with Crippen LogP contribution in [0.4, 0.5) is 11.4 Å². The first kappa shape index (κ1) is 24.2. The molecule has 0 atom stereocenters. The lowest BCUT2D eigenvalue weighted by Gasteiger charge is -2.31. The first-order valence-corrected chi connectivity index (χ1v) is 11.4. The molecule has 33 heavy (non-hydrogen) atoms. The molecular weight excluding hydrogens is 454 g/mol. The summed E-state index contributed by atoms with van der Waals surface area (Å²) in [6.45, 7) is 3.46. The Morgan fingerprint density at radius 2 is 1.64 bits per heavy atom. The lowest BCUT2D eigenvalue weighted by molar-refractivity contribution is -0.394. The van der Waals surface area contributed by atoms with E-state index in [1.54, 1.807) is 12.1 Å². The number of sulfonamides is 1. The zero-order valence-corrected chi connectivity index (χ0v) is 18.9. The number of nitro benzene ring substituents is 2. The smallest absolute Gasteiger partial charge is 0.279 e. The van der Waals surface area contributed by atoms with Crippen molar-refractivity contribution in [1.29, 1.82) is 0 Å². The molecule has 0 aliphatic carbocycles. The maximum Gasteiger partial charge on any atom is 0.279 e. The SMILES string of the molecule is Cc1c(C(=O)NCc2ccc(S(=O)(=O)N3CCN(C)CC3)cc2)cc([N+](=O)[O-])cc1[N+](=O)[O-]. The zero-order valence-electron chi connectivity index (χ0n) is 18.1. The summed E-state index contributed by atoms with van der Waals surface area (Å²) in [5, 5.41) is 24.8. The summed E-state index contributed by atoms with van der Waals surface area (Å²) in [5.74, 6) is -0.714. The number of hydrogen-bond acceptors (Lipinski definition) is 8. The minimum Gasteiger partial charge on any atom is -0.348 e. The zero-order chi connectivity index (χ0) is 24.3. The largest absolute Gasteiger partial charge is 0.348 e. The van der Waals surface area contributed by atoms with Crippen LogP contribution in [-0.4, -0.2) is 66.6 Å². The Bertz CT molecular complexity index is 1190. The number of nitrogens with one attached hydrogen (secondary N) is 1. The lowest BCUT2D eigenvalue weighted by atomic mass is 10.0. The van der Waals surface area contributed by atoms with Crippen molar-refractivity contribution < 1.29 is 23.1 Å². The van der Waals surface area contributed by atoms with Crippen molar-refractivity contribution in [3.8, 4) is 0 Å². The maximum atomic E-state index is 12.8. The molecule has 1 fully saturated rings. The Hall–Kier alpha value is -3.42. The van der Waals surface area contributed by atoms with Gasteiger partial charge in [0.1, 0.15) is 0 Å². The van der Waals surface area contributed by atoms with Crippen molar-refractivity contribution >= 4 is 27.3 Å². The molecule has 0 unspecified atom stereocenters. The number of carbonyl (C=O) groups excluding carboxylic acids is 1. The molecular formula is C20H23N5O7S. The maximum absolute atomic E-state index is 12.8. The molecule has 1 saturated heterocycles. The molecule has 2 aromatic rings. The second-order valence-electron chi connectivity index (χ2n) is 7.69. The van der Waals surface area contributed by atoms with Crippen molar-refractivity contribution in [2.75, 3.05) is 33.2 Å². The van der Waals surface area contributed by atoms with Gasteiger partial charge in [-0.3, -0.25) is 25.0 Å². The molecule has 2 aromatic carbocycles. The van der Waals surface area contributed by atoms with Gasteiger partial charge < -0.3 is 10.2 Å². The van der Waals surface area contributed by atoms with Gasteiger partial charge >= 0.3 is 0 Å². The van der Waals surface area contributed by atoms with Gasteiger partial charge in [-0.1, -0.05) is 12.1 Å². The van der Waals surface area contributed by atoms with E-state index in [4.69, 9.17) is 0 Å². The van der Waals surface area contributed by atoms with Crippen LogP contribution in [0.1, 0.15) is 21.5 Å². The summed E-state index contributed by atoms with van der Waals surface area (Å²) in [4.78, 5) is 35.5.